The zero-order valence-corrected chi connectivity index (χ0v) is 16.7. The first-order valence-electron chi connectivity index (χ1n) is 9.80. The molecular weight excluding hydrogens is 364 g/mol. The molecule has 5 heteroatoms. The highest BCUT2D eigenvalue weighted by molar-refractivity contribution is 5.91. The van der Waals surface area contributed by atoms with Crippen molar-refractivity contribution in [1.82, 2.24) is 9.47 Å². The smallest absolute Gasteiger partial charge is 0.338 e. The number of hydrogen-bond acceptors (Lipinski definition) is 3. The summed E-state index contributed by atoms with van der Waals surface area (Å²) >= 11 is 0. The lowest BCUT2D eigenvalue weighted by molar-refractivity contribution is -0.135. The summed E-state index contributed by atoms with van der Waals surface area (Å²) in [5, 5.41) is 0. The predicted octanol–water partition coefficient (Wildman–Crippen LogP) is 3.84. The first-order chi connectivity index (χ1) is 14.0. The predicted molar refractivity (Wildman–Crippen MR) is 111 cm³/mol. The number of benzene rings is 2. The van der Waals surface area contributed by atoms with Crippen LogP contribution in [0, 0.1) is 13.8 Å². The minimum atomic E-state index is -0.483. The molecule has 0 radical (unpaired) electrons. The molecule has 29 heavy (non-hydrogen) atoms. The van der Waals surface area contributed by atoms with Crippen LogP contribution in [0.1, 0.15) is 32.9 Å². The Morgan fingerprint density at radius 1 is 0.897 bits per heavy atom. The lowest BCUT2D eigenvalue weighted by Crippen LogP contribution is -2.38. The number of fused-ring (bicyclic) bond motifs is 1. The van der Waals surface area contributed by atoms with Crippen LogP contribution < -0.4 is 0 Å². The molecule has 0 unspecified atom stereocenters. The lowest BCUT2D eigenvalue weighted by atomic mass is 10.00. The van der Waals surface area contributed by atoms with Crippen LogP contribution in [0.3, 0.4) is 0 Å². The molecule has 3 aromatic rings. The maximum Gasteiger partial charge on any atom is 0.338 e. The van der Waals surface area contributed by atoms with Crippen molar-refractivity contribution in [3.8, 4) is 5.69 Å². The molecule has 148 valence electrons. The molecule has 0 fully saturated rings. The Morgan fingerprint density at radius 3 is 2.24 bits per heavy atom. The average molecular weight is 388 g/mol. The molecule has 0 bridgehead atoms. The van der Waals surface area contributed by atoms with Crippen LogP contribution in [-0.2, 0) is 22.5 Å². The number of amides is 1. The second kappa shape index (κ2) is 7.95. The van der Waals surface area contributed by atoms with E-state index in [1.165, 1.54) is 5.56 Å². The molecule has 0 N–H and O–H groups in total. The molecule has 0 saturated carbocycles. The lowest BCUT2D eigenvalue weighted by Gasteiger charge is -2.28. The van der Waals surface area contributed by atoms with Crippen LogP contribution in [0.5, 0.6) is 0 Å². The van der Waals surface area contributed by atoms with Gasteiger partial charge in [-0.05, 0) is 67.8 Å². The van der Waals surface area contributed by atoms with E-state index in [-0.39, 0.29) is 12.5 Å². The molecule has 1 aliphatic rings. The molecule has 2 heterocycles. The van der Waals surface area contributed by atoms with Gasteiger partial charge in [0.05, 0.1) is 5.56 Å². The van der Waals surface area contributed by atoms with E-state index in [4.69, 9.17) is 4.74 Å². The number of aryl methyl sites for hydroxylation is 2. The van der Waals surface area contributed by atoms with Crippen molar-refractivity contribution in [3.63, 3.8) is 0 Å². The van der Waals surface area contributed by atoms with E-state index in [9.17, 15) is 9.59 Å². The van der Waals surface area contributed by atoms with Gasteiger partial charge in [-0.2, -0.15) is 0 Å². The minimum Gasteiger partial charge on any atom is -0.452 e. The number of aromatic nitrogens is 1. The summed E-state index contributed by atoms with van der Waals surface area (Å²) in [6.07, 6.45) is 0.829. The van der Waals surface area contributed by atoms with Gasteiger partial charge < -0.3 is 14.2 Å². The molecule has 0 saturated heterocycles. The third-order valence-electron chi connectivity index (χ3n) is 5.44. The number of nitrogens with zero attached hydrogens (tertiary/aromatic N) is 2. The normalized spacial score (nSPS) is 13.1. The van der Waals surface area contributed by atoms with Crippen molar-refractivity contribution in [2.24, 2.45) is 0 Å². The number of carbonyl (C=O) groups excluding carboxylic acids is 2. The van der Waals surface area contributed by atoms with Crippen molar-refractivity contribution in [2.45, 2.75) is 26.8 Å². The quantitative estimate of drug-likeness (QED) is 0.638. The van der Waals surface area contributed by atoms with Crippen LogP contribution >= 0.6 is 0 Å². The molecule has 4 rings (SSSR count). The zero-order valence-electron chi connectivity index (χ0n) is 16.7. The van der Waals surface area contributed by atoms with Crippen molar-refractivity contribution in [2.75, 3.05) is 13.2 Å². The second-order valence-corrected chi connectivity index (χ2v) is 7.41. The molecule has 1 amide bonds. The van der Waals surface area contributed by atoms with Crippen molar-refractivity contribution in [1.29, 1.82) is 0 Å². The van der Waals surface area contributed by atoms with Gasteiger partial charge >= 0.3 is 5.97 Å². The maximum atomic E-state index is 12.5. The van der Waals surface area contributed by atoms with Crippen molar-refractivity contribution in [3.05, 3.63) is 88.7 Å². The van der Waals surface area contributed by atoms with E-state index in [1.54, 1.807) is 17.0 Å². The van der Waals surface area contributed by atoms with Crippen LogP contribution in [0.15, 0.2) is 60.7 Å². The zero-order chi connectivity index (χ0) is 20.4. The highest BCUT2D eigenvalue weighted by atomic mass is 16.5. The first kappa shape index (κ1) is 19.0. The Kier molecular flexibility index (Phi) is 5.21. The van der Waals surface area contributed by atoms with Gasteiger partial charge in [-0.15, -0.1) is 0 Å². The highest BCUT2D eigenvalue weighted by Gasteiger charge is 2.21. The van der Waals surface area contributed by atoms with E-state index in [0.29, 0.717) is 18.7 Å². The van der Waals surface area contributed by atoms with E-state index in [0.717, 1.165) is 29.1 Å². The minimum absolute atomic E-state index is 0.164. The largest absolute Gasteiger partial charge is 0.452 e. The number of carbonyl (C=O) groups is 2. The summed E-state index contributed by atoms with van der Waals surface area (Å²) in [6, 6.07) is 19.5. The van der Waals surface area contributed by atoms with Crippen LogP contribution in [-0.4, -0.2) is 34.5 Å². The number of rotatable bonds is 4. The molecule has 0 spiro atoms. The van der Waals surface area contributed by atoms with Crippen LogP contribution in [0.25, 0.3) is 5.69 Å². The Morgan fingerprint density at radius 2 is 1.55 bits per heavy atom. The standard InChI is InChI=1S/C24H24N2O3/c1-17-7-8-18(2)26(17)22-11-9-20(10-12-22)24(28)29-16-23(27)25-14-13-19-5-3-4-6-21(19)15-25/h3-12H,13-16H2,1-2H3. The van der Waals surface area contributed by atoms with Crippen LogP contribution in [0.4, 0.5) is 0 Å². The third kappa shape index (κ3) is 3.94. The van der Waals surface area contributed by atoms with Crippen molar-refractivity contribution >= 4 is 11.9 Å². The van der Waals surface area contributed by atoms with Crippen LogP contribution in [0.2, 0.25) is 0 Å². The van der Waals surface area contributed by atoms with Gasteiger partial charge in [-0.3, -0.25) is 4.79 Å². The Bertz CT molecular complexity index is 1030. The summed E-state index contributed by atoms with van der Waals surface area (Å²) in [4.78, 5) is 26.6. The molecule has 5 nitrogen and oxygen atoms in total. The van der Waals surface area contributed by atoms with Gasteiger partial charge in [0, 0.05) is 30.2 Å². The second-order valence-electron chi connectivity index (χ2n) is 7.41. The summed E-state index contributed by atoms with van der Waals surface area (Å²) < 4.78 is 7.39. The molecular formula is C24H24N2O3. The summed E-state index contributed by atoms with van der Waals surface area (Å²) in [7, 11) is 0. The van der Waals surface area contributed by atoms with Gasteiger partial charge in [0.25, 0.3) is 5.91 Å². The number of hydrogen-bond donors (Lipinski definition) is 0. The fourth-order valence-corrected chi connectivity index (χ4v) is 3.83. The topological polar surface area (TPSA) is 51.5 Å². The molecule has 1 aromatic heterocycles. The van der Waals surface area contributed by atoms with E-state index < -0.39 is 5.97 Å². The van der Waals surface area contributed by atoms with E-state index >= 15 is 0 Å². The average Bonchev–Trinajstić information content (AvgIpc) is 3.09. The van der Waals surface area contributed by atoms with Crippen molar-refractivity contribution < 1.29 is 14.3 Å². The van der Waals surface area contributed by atoms with Gasteiger partial charge in [-0.1, -0.05) is 24.3 Å². The molecule has 0 aliphatic carbocycles. The summed E-state index contributed by atoms with van der Waals surface area (Å²) in [6.45, 7) is 5.06. The van der Waals surface area contributed by atoms with Gasteiger partial charge in [-0.25, -0.2) is 4.79 Å². The molecule has 0 atom stereocenters. The summed E-state index contributed by atoms with van der Waals surface area (Å²) in [5.41, 5.74) is 6.13. The van der Waals surface area contributed by atoms with E-state index in [1.807, 2.05) is 44.2 Å². The Labute approximate surface area is 170 Å². The fourth-order valence-electron chi connectivity index (χ4n) is 3.83. The number of ether oxygens (including phenoxy) is 1. The highest BCUT2D eigenvalue weighted by Crippen LogP contribution is 2.19. The van der Waals surface area contributed by atoms with Gasteiger partial charge in [0.15, 0.2) is 6.61 Å². The third-order valence-corrected chi connectivity index (χ3v) is 5.44. The molecule has 1 aliphatic heterocycles. The maximum absolute atomic E-state index is 12.5. The first-order valence-corrected chi connectivity index (χ1v) is 9.80. The monoisotopic (exact) mass is 388 g/mol. The molecule has 2 aromatic carbocycles. The van der Waals surface area contributed by atoms with E-state index in [2.05, 4.69) is 22.8 Å². The van der Waals surface area contributed by atoms with Gasteiger partial charge in [0.2, 0.25) is 0 Å². The Hall–Kier alpha value is -3.34. The van der Waals surface area contributed by atoms with Gasteiger partial charge in [0.1, 0.15) is 0 Å². The SMILES string of the molecule is Cc1ccc(C)n1-c1ccc(C(=O)OCC(=O)N2CCc3ccccc3C2)cc1. The fraction of sp³-hybridized carbons (Fsp3) is 0.250. The Balaban J connectivity index is 1.36. The number of esters is 1. The summed E-state index contributed by atoms with van der Waals surface area (Å²) in [5.74, 6) is -0.647.